The number of benzene rings is 1. The minimum absolute atomic E-state index is 0.00695. The highest BCUT2D eigenvalue weighted by atomic mass is 35.5. The third-order valence-corrected chi connectivity index (χ3v) is 7.02. The number of carbonyl (C=O) groups is 1. The third-order valence-electron chi connectivity index (χ3n) is 4.67. The van der Waals surface area contributed by atoms with Gasteiger partial charge in [-0.15, -0.1) is 0 Å². The monoisotopic (exact) mass is 388 g/mol. The predicted molar refractivity (Wildman–Crippen MR) is 92.9 cm³/mol. The number of carbonyl (C=O) groups excluding carboxylic acids is 1. The Morgan fingerprint density at radius 3 is 2.81 bits per heavy atom. The van der Waals surface area contributed by atoms with Gasteiger partial charge in [0, 0.05) is 25.8 Å². The summed E-state index contributed by atoms with van der Waals surface area (Å²) in [6.07, 6.45) is 1.60. The summed E-state index contributed by atoms with van der Waals surface area (Å²) in [5.41, 5.74) is 1.41. The number of amides is 1. The average Bonchev–Trinajstić information content (AvgIpc) is 2.94. The molecule has 7 nitrogen and oxygen atoms in total. The van der Waals surface area contributed by atoms with Crippen molar-refractivity contribution in [1.82, 2.24) is 14.2 Å². The highest BCUT2D eigenvalue weighted by Gasteiger charge is 2.44. The van der Waals surface area contributed by atoms with Crippen molar-refractivity contribution < 1.29 is 13.2 Å². The fraction of sp³-hybridized carbons (Fsp3) is 0.235. The van der Waals surface area contributed by atoms with Crippen LogP contribution in [-0.4, -0.2) is 48.1 Å². The van der Waals surface area contributed by atoms with Gasteiger partial charge in [0.1, 0.15) is 4.90 Å². The first-order chi connectivity index (χ1) is 12.4. The van der Waals surface area contributed by atoms with E-state index < -0.39 is 16.1 Å². The van der Waals surface area contributed by atoms with E-state index in [0.29, 0.717) is 16.8 Å². The van der Waals surface area contributed by atoms with Crippen molar-refractivity contribution in [3.63, 3.8) is 0 Å². The lowest BCUT2D eigenvalue weighted by Crippen LogP contribution is -2.49. The minimum Gasteiger partial charge on any atom is -0.327 e. The molecular weight excluding hydrogens is 376 g/mol. The number of nitriles is 1. The van der Waals surface area contributed by atoms with Crippen molar-refractivity contribution in [2.75, 3.05) is 19.6 Å². The fourth-order valence-corrected chi connectivity index (χ4v) is 5.35. The first-order valence-corrected chi connectivity index (χ1v) is 9.71. The van der Waals surface area contributed by atoms with Crippen LogP contribution in [0, 0.1) is 11.3 Å². The zero-order chi connectivity index (χ0) is 18.5. The van der Waals surface area contributed by atoms with Crippen molar-refractivity contribution in [1.29, 1.82) is 5.26 Å². The van der Waals surface area contributed by atoms with E-state index in [0.717, 1.165) is 0 Å². The van der Waals surface area contributed by atoms with Gasteiger partial charge >= 0.3 is 0 Å². The van der Waals surface area contributed by atoms with Crippen molar-refractivity contribution in [2.45, 2.75) is 10.9 Å². The summed E-state index contributed by atoms with van der Waals surface area (Å²) in [5, 5.41) is 8.92. The normalized spacial score (nSPS) is 19.8. The van der Waals surface area contributed by atoms with Gasteiger partial charge in [-0.25, -0.2) is 8.42 Å². The van der Waals surface area contributed by atoms with E-state index in [1.807, 2.05) is 6.07 Å². The highest BCUT2D eigenvalue weighted by molar-refractivity contribution is 7.89. The SMILES string of the molecule is N#Cc1ccc(S(=O)(=O)N2CCN3C(=O)c4cccnc4C3C2)c(Cl)c1. The largest absolute Gasteiger partial charge is 0.327 e. The topological polar surface area (TPSA) is 94.4 Å². The van der Waals surface area contributed by atoms with E-state index in [1.54, 1.807) is 23.2 Å². The molecule has 0 spiro atoms. The Kier molecular flexibility index (Phi) is 3.95. The van der Waals surface area contributed by atoms with Crippen LogP contribution in [0.1, 0.15) is 27.7 Å². The molecule has 9 heteroatoms. The Morgan fingerprint density at radius 2 is 2.08 bits per heavy atom. The molecular formula is C17H13ClN4O3S. The predicted octanol–water partition coefficient (Wildman–Crippen LogP) is 1.81. The van der Waals surface area contributed by atoms with Crippen LogP contribution < -0.4 is 0 Å². The van der Waals surface area contributed by atoms with Crippen LogP contribution in [0.3, 0.4) is 0 Å². The Balaban J connectivity index is 1.68. The molecule has 1 aromatic heterocycles. The summed E-state index contributed by atoms with van der Waals surface area (Å²) < 4.78 is 27.4. The van der Waals surface area contributed by atoms with Crippen LogP contribution in [0.25, 0.3) is 0 Å². The minimum atomic E-state index is -3.85. The zero-order valence-electron chi connectivity index (χ0n) is 13.5. The number of aromatic nitrogens is 1. The number of halogens is 1. The molecule has 0 bridgehead atoms. The quantitative estimate of drug-likeness (QED) is 0.781. The molecule has 1 saturated heterocycles. The molecule has 4 rings (SSSR count). The van der Waals surface area contributed by atoms with Crippen molar-refractivity contribution >= 4 is 27.5 Å². The van der Waals surface area contributed by atoms with Crippen LogP contribution in [0.4, 0.5) is 0 Å². The molecule has 0 aliphatic carbocycles. The molecule has 2 aromatic rings. The second kappa shape index (κ2) is 6.06. The van der Waals surface area contributed by atoms with Gasteiger partial charge in [-0.05, 0) is 30.3 Å². The Bertz CT molecular complexity index is 1060. The van der Waals surface area contributed by atoms with Crippen LogP contribution in [0.2, 0.25) is 5.02 Å². The van der Waals surface area contributed by atoms with Gasteiger partial charge in [0.2, 0.25) is 10.0 Å². The third kappa shape index (κ3) is 2.48. The van der Waals surface area contributed by atoms with Gasteiger partial charge in [0.15, 0.2) is 0 Å². The van der Waals surface area contributed by atoms with Crippen molar-refractivity contribution in [3.05, 3.63) is 58.4 Å². The van der Waals surface area contributed by atoms with Gasteiger partial charge in [-0.2, -0.15) is 9.57 Å². The molecule has 2 aliphatic rings. The van der Waals surface area contributed by atoms with Crippen molar-refractivity contribution in [3.8, 4) is 6.07 Å². The van der Waals surface area contributed by atoms with E-state index in [9.17, 15) is 13.2 Å². The molecule has 1 unspecified atom stereocenters. The van der Waals surface area contributed by atoms with Gasteiger partial charge in [0.05, 0.1) is 34.0 Å². The van der Waals surface area contributed by atoms with E-state index in [-0.39, 0.29) is 35.5 Å². The first kappa shape index (κ1) is 17.0. The molecule has 0 N–H and O–H groups in total. The summed E-state index contributed by atoms with van der Waals surface area (Å²) in [7, 11) is -3.85. The summed E-state index contributed by atoms with van der Waals surface area (Å²) in [6, 6.07) is 9.02. The average molecular weight is 389 g/mol. The molecule has 2 aliphatic heterocycles. The molecule has 1 aromatic carbocycles. The van der Waals surface area contributed by atoms with Gasteiger partial charge in [-0.3, -0.25) is 9.78 Å². The van der Waals surface area contributed by atoms with E-state index in [1.165, 1.54) is 22.5 Å². The number of fused-ring (bicyclic) bond motifs is 3. The number of piperazine rings is 1. The molecule has 3 heterocycles. The van der Waals surface area contributed by atoms with Crippen LogP contribution >= 0.6 is 11.6 Å². The Labute approximate surface area is 155 Å². The lowest BCUT2D eigenvalue weighted by molar-refractivity contribution is 0.0625. The summed E-state index contributed by atoms with van der Waals surface area (Å²) >= 11 is 6.09. The van der Waals surface area contributed by atoms with Gasteiger partial charge < -0.3 is 4.90 Å². The van der Waals surface area contributed by atoms with Crippen LogP contribution in [0.15, 0.2) is 41.4 Å². The molecule has 132 valence electrons. The second-order valence-electron chi connectivity index (χ2n) is 6.07. The maximum atomic E-state index is 13.0. The zero-order valence-corrected chi connectivity index (χ0v) is 15.0. The van der Waals surface area contributed by atoms with Crippen LogP contribution in [-0.2, 0) is 10.0 Å². The smallest absolute Gasteiger partial charge is 0.256 e. The molecule has 26 heavy (non-hydrogen) atoms. The standard InChI is InChI=1S/C17H13ClN4O3S/c18-13-8-11(9-19)3-4-15(13)26(24,25)21-6-7-22-14(10-21)16-12(17(22)23)2-1-5-20-16/h1-5,8,14H,6-7,10H2. The molecule has 0 radical (unpaired) electrons. The lowest BCUT2D eigenvalue weighted by atomic mass is 10.1. The van der Waals surface area contributed by atoms with Crippen molar-refractivity contribution in [2.24, 2.45) is 0 Å². The number of rotatable bonds is 2. The summed E-state index contributed by atoms with van der Waals surface area (Å²) in [5.74, 6) is -0.119. The number of sulfonamides is 1. The number of hydrogen-bond donors (Lipinski definition) is 0. The van der Waals surface area contributed by atoms with Gasteiger partial charge in [-0.1, -0.05) is 11.6 Å². The number of hydrogen-bond acceptors (Lipinski definition) is 5. The molecule has 0 saturated carbocycles. The van der Waals surface area contributed by atoms with E-state index in [4.69, 9.17) is 16.9 Å². The first-order valence-electron chi connectivity index (χ1n) is 7.89. The number of nitrogens with zero attached hydrogens (tertiary/aromatic N) is 4. The number of pyridine rings is 1. The molecule has 1 atom stereocenters. The maximum Gasteiger partial charge on any atom is 0.256 e. The molecule has 1 fully saturated rings. The maximum absolute atomic E-state index is 13.0. The van der Waals surface area contributed by atoms with Gasteiger partial charge in [0.25, 0.3) is 5.91 Å². The van der Waals surface area contributed by atoms with E-state index in [2.05, 4.69) is 4.98 Å². The summed E-state index contributed by atoms with van der Waals surface area (Å²) in [6.45, 7) is 0.580. The van der Waals surface area contributed by atoms with Crippen LogP contribution in [0.5, 0.6) is 0 Å². The second-order valence-corrected chi connectivity index (χ2v) is 8.38. The molecule has 1 amide bonds. The lowest BCUT2D eigenvalue weighted by Gasteiger charge is -2.36. The van der Waals surface area contributed by atoms with E-state index >= 15 is 0 Å². The Hall–Kier alpha value is -2.47. The highest BCUT2D eigenvalue weighted by Crippen LogP contribution is 2.37. The summed E-state index contributed by atoms with van der Waals surface area (Å²) in [4.78, 5) is 18.3. The fourth-order valence-electron chi connectivity index (χ4n) is 3.39. The Morgan fingerprint density at radius 1 is 1.27 bits per heavy atom.